The van der Waals surface area contributed by atoms with Crippen LogP contribution in [0.3, 0.4) is 0 Å². The Labute approximate surface area is 141 Å². The van der Waals surface area contributed by atoms with Gasteiger partial charge in [0.05, 0.1) is 12.7 Å². The lowest BCUT2D eigenvalue weighted by molar-refractivity contribution is -0.134. The molecular weight excluding hydrogens is 288 g/mol. The van der Waals surface area contributed by atoms with Gasteiger partial charge in [-0.25, -0.2) is 4.79 Å². The summed E-state index contributed by atoms with van der Waals surface area (Å²) in [5.74, 6) is 6.03. The summed E-state index contributed by atoms with van der Waals surface area (Å²) < 4.78 is 4.61. The van der Waals surface area contributed by atoms with Crippen LogP contribution in [0.2, 0.25) is 0 Å². The van der Waals surface area contributed by atoms with Crippen LogP contribution in [0.15, 0.2) is 23.3 Å². The maximum atomic E-state index is 11.2. The van der Waals surface area contributed by atoms with Crippen LogP contribution in [0.25, 0.3) is 0 Å². The lowest BCUT2D eigenvalue weighted by Crippen LogP contribution is -2.30. The number of methoxy groups -OCH3 is 1. The number of esters is 1. The SMILES string of the molecule is CC#C/C(=C\CC/C(C)=C/C(=O)OC)CCCC(C)(O)C(C)C. The molecule has 0 aliphatic heterocycles. The first-order chi connectivity index (χ1) is 10.7. The van der Waals surface area contributed by atoms with Crippen molar-refractivity contribution in [2.45, 2.75) is 72.3 Å². The maximum absolute atomic E-state index is 11.2. The fraction of sp³-hybridized carbons (Fsp3) is 0.650. The maximum Gasteiger partial charge on any atom is 0.330 e. The molecule has 3 heteroatoms. The van der Waals surface area contributed by atoms with E-state index < -0.39 is 5.60 Å². The van der Waals surface area contributed by atoms with E-state index in [0.29, 0.717) is 0 Å². The Hall–Kier alpha value is -1.53. The highest BCUT2D eigenvalue weighted by Gasteiger charge is 2.23. The van der Waals surface area contributed by atoms with Crippen molar-refractivity contribution in [3.05, 3.63) is 23.3 Å². The minimum Gasteiger partial charge on any atom is -0.466 e. The minimum atomic E-state index is -0.620. The summed E-state index contributed by atoms with van der Waals surface area (Å²) in [7, 11) is 1.38. The summed E-state index contributed by atoms with van der Waals surface area (Å²) in [6.07, 6.45) is 7.90. The zero-order chi connectivity index (χ0) is 17.9. The van der Waals surface area contributed by atoms with Gasteiger partial charge in [0.2, 0.25) is 0 Å². The van der Waals surface area contributed by atoms with Gasteiger partial charge in [-0.15, -0.1) is 5.92 Å². The summed E-state index contributed by atoms with van der Waals surface area (Å²) in [6.45, 7) is 9.74. The summed E-state index contributed by atoms with van der Waals surface area (Å²) >= 11 is 0. The van der Waals surface area contributed by atoms with Gasteiger partial charge in [0.25, 0.3) is 0 Å². The molecule has 0 saturated carbocycles. The molecule has 0 saturated heterocycles. The topological polar surface area (TPSA) is 46.5 Å². The van der Waals surface area contributed by atoms with E-state index in [2.05, 4.69) is 22.7 Å². The highest BCUT2D eigenvalue weighted by atomic mass is 16.5. The lowest BCUT2D eigenvalue weighted by atomic mass is 9.87. The molecule has 23 heavy (non-hydrogen) atoms. The van der Waals surface area contributed by atoms with Gasteiger partial charge in [-0.05, 0) is 64.4 Å². The molecule has 0 aromatic heterocycles. The predicted octanol–water partition coefficient (Wildman–Crippen LogP) is 4.41. The van der Waals surface area contributed by atoms with Gasteiger partial charge in [0.1, 0.15) is 0 Å². The number of hydrogen-bond acceptors (Lipinski definition) is 3. The number of ether oxygens (including phenoxy) is 1. The van der Waals surface area contributed by atoms with Crippen LogP contribution in [-0.2, 0) is 9.53 Å². The second-order valence-electron chi connectivity index (χ2n) is 6.52. The molecular formula is C20H32O3. The normalized spacial score (nSPS) is 15.0. The molecule has 0 aliphatic rings. The van der Waals surface area contributed by atoms with Gasteiger partial charge in [0, 0.05) is 6.08 Å². The smallest absolute Gasteiger partial charge is 0.330 e. The third kappa shape index (κ3) is 9.97. The molecule has 0 rings (SSSR count). The van der Waals surface area contributed by atoms with E-state index >= 15 is 0 Å². The molecule has 0 aromatic rings. The van der Waals surface area contributed by atoms with Crippen molar-refractivity contribution in [2.75, 3.05) is 7.11 Å². The van der Waals surface area contributed by atoms with Crippen LogP contribution in [0.5, 0.6) is 0 Å². The average molecular weight is 320 g/mol. The largest absolute Gasteiger partial charge is 0.466 e. The first kappa shape index (κ1) is 21.5. The van der Waals surface area contributed by atoms with E-state index in [9.17, 15) is 9.90 Å². The molecule has 0 aliphatic carbocycles. The third-order valence-electron chi connectivity index (χ3n) is 4.15. The summed E-state index contributed by atoms with van der Waals surface area (Å²) in [6, 6.07) is 0. The average Bonchev–Trinajstić information content (AvgIpc) is 2.46. The van der Waals surface area contributed by atoms with Gasteiger partial charge < -0.3 is 9.84 Å². The van der Waals surface area contributed by atoms with Crippen molar-refractivity contribution in [3.8, 4) is 11.8 Å². The van der Waals surface area contributed by atoms with Crippen molar-refractivity contribution in [3.63, 3.8) is 0 Å². The third-order valence-corrected chi connectivity index (χ3v) is 4.15. The Morgan fingerprint density at radius 2 is 2.00 bits per heavy atom. The van der Waals surface area contributed by atoms with E-state index in [4.69, 9.17) is 0 Å². The molecule has 0 aromatic carbocycles. The van der Waals surface area contributed by atoms with Crippen molar-refractivity contribution in [1.29, 1.82) is 0 Å². The first-order valence-corrected chi connectivity index (χ1v) is 8.32. The van der Waals surface area contributed by atoms with Gasteiger partial charge in [0.15, 0.2) is 0 Å². The van der Waals surface area contributed by atoms with E-state index in [0.717, 1.165) is 43.3 Å². The molecule has 0 heterocycles. The van der Waals surface area contributed by atoms with Crippen molar-refractivity contribution in [1.82, 2.24) is 0 Å². The Morgan fingerprint density at radius 3 is 2.52 bits per heavy atom. The number of aliphatic hydroxyl groups is 1. The van der Waals surface area contributed by atoms with E-state index in [1.54, 1.807) is 0 Å². The van der Waals surface area contributed by atoms with Crippen LogP contribution < -0.4 is 0 Å². The molecule has 0 radical (unpaired) electrons. The van der Waals surface area contributed by atoms with Crippen molar-refractivity contribution >= 4 is 5.97 Å². The molecule has 3 nitrogen and oxygen atoms in total. The molecule has 1 N–H and O–H groups in total. The van der Waals surface area contributed by atoms with Crippen LogP contribution >= 0.6 is 0 Å². The first-order valence-electron chi connectivity index (χ1n) is 8.32. The van der Waals surface area contributed by atoms with Gasteiger partial charge in [-0.1, -0.05) is 31.4 Å². The second-order valence-corrected chi connectivity index (χ2v) is 6.52. The molecule has 0 fully saturated rings. The summed E-state index contributed by atoms with van der Waals surface area (Å²) in [4.78, 5) is 11.2. The van der Waals surface area contributed by atoms with Crippen molar-refractivity contribution < 1.29 is 14.6 Å². The fourth-order valence-corrected chi connectivity index (χ4v) is 2.11. The number of carbonyl (C=O) groups is 1. The van der Waals surface area contributed by atoms with E-state index in [-0.39, 0.29) is 11.9 Å². The molecule has 0 spiro atoms. The quantitative estimate of drug-likeness (QED) is 0.389. The zero-order valence-electron chi connectivity index (χ0n) is 15.5. The second kappa shape index (κ2) is 11.1. The Balaban J connectivity index is 4.48. The monoisotopic (exact) mass is 320 g/mol. The van der Waals surface area contributed by atoms with E-state index in [1.807, 2.05) is 34.6 Å². The molecule has 1 unspecified atom stereocenters. The number of rotatable bonds is 9. The van der Waals surface area contributed by atoms with Gasteiger partial charge in [-0.3, -0.25) is 0 Å². The fourth-order valence-electron chi connectivity index (χ4n) is 2.11. The molecule has 1 atom stereocenters. The Bertz CT molecular complexity index is 485. The van der Waals surface area contributed by atoms with Crippen LogP contribution in [0, 0.1) is 17.8 Å². The highest BCUT2D eigenvalue weighted by Crippen LogP contribution is 2.24. The number of allylic oxidation sites excluding steroid dienone is 3. The number of carbonyl (C=O) groups excluding carboxylic acids is 1. The summed E-state index contributed by atoms with van der Waals surface area (Å²) in [5.41, 5.74) is 1.49. The highest BCUT2D eigenvalue weighted by molar-refractivity contribution is 5.82. The number of hydrogen-bond donors (Lipinski definition) is 1. The molecule has 0 amide bonds. The lowest BCUT2D eigenvalue weighted by Gasteiger charge is -2.27. The minimum absolute atomic E-state index is 0.248. The van der Waals surface area contributed by atoms with Crippen LogP contribution in [0.4, 0.5) is 0 Å². The van der Waals surface area contributed by atoms with Crippen LogP contribution in [-0.4, -0.2) is 23.8 Å². The van der Waals surface area contributed by atoms with Crippen LogP contribution in [0.1, 0.15) is 66.7 Å². The molecule has 0 bridgehead atoms. The van der Waals surface area contributed by atoms with Gasteiger partial charge in [-0.2, -0.15) is 0 Å². The van der Waals surface area contributed by atoms with Crippen molar-refractivity contribution in [2.24, 2.45) is 5.92 Å². The standard InChI is InChI=1S/C20H32O3/c1-7-10-18(13-9-14-20(5,22)16(2)3)12-8-11-17(4)15-19(21)23-6/h12,15-16,22H,8-9,11,13-14H2,1-6H3/b17-15+,18-12+. The zero-order valence-corrected chi connectivity index (χ0v) is 15.5. The molecule has 130 valence electrons. The predicted molar refractivity (Wildman–Crippen MR) is 95.9 cm³/mol. The summed E-state index contributed by atoms with van der Waals surface area (Å²) in [5, 5.41) is 10.3. The Kier molecular flexibility index (Phi) is 10.3. The van der Waals surface area contributed by atoms with E-state index in [1.165, 1.54) is 13.2 Å². The van der Waals surface area contributed by atoms with Gasteiger partial charge >= 0.3 is 5.97 Å². The Morgan fingerprint density at radius 1 is 1.35 bits per heavy atom.